The summed E-state index contributed by atoms with van der Waals surface area (Å²) in [7, 11) is 0. The van der Waals surface area contributed by atoms with Crippen LogP contribution in [0.1, 0.15) is 36.5 Å². The van der Waals surface area contributed by atoms with Gasteiger partial charge in [-0.2, -0.15) is 0 Å². The Balaban J connectivity index is 0.00000225. The number of halogens is 2. The number of rotatable bonds is 3. The zero-order chi connectivity index (χ0) is 17.2. The fourth-order valence-corrected chi connectivity index (χ4v) is 3.90. The van der Waals surface area contributed by atoms with E-state index in [-0.39, 0.29) is 24.2 Å². The molecule has 138 valence electrons. The van der Waals surface area contributed by atoms with Crippen LogP contribution in [0.4, 0.5) is 0 Å². The van der Waals surface area contributed by atoms with E-state index in [0.29, 0.717) is 11.0 Å². The molecule has 0 radical (unpaired) electrons. The molecule has 2 saturated heterocycles. The van der Waals surface area contributed by atoms with Gasteiger partial charge in [-0.1, -0.05) is 15.9 Å². The van der Waals surface area contributed by atoms with E-state index in [4.69, 9.17) is 0 Å². The highest BCUT2D eigenvalue weighted by Gasteiger charge is 2.38. The minimum Gasteiger partial charge on any atom is -0.341 e. The summed E-state index contributed by atoms with van der Waals surface area (Å²) >= 11 is 3.35. The van der Waals surface area contributed by atoms with Crippen LogP contribution in [0.3, 0.4) is 0 Å². The van der Waals surface area contributed by atoms with Crippen LogP contribution in [0.25, 0.3) is 0 Å². The molecule has 1 atom stereocenters. The van der Waals surface area contributed by atoms with Crippen LogP contribution in [0.2, 0.25) is 0 Å². The molecule has 2 aliphatic rings. The minimum absolute atomic E-state index is 0. The predicted octanol–water partition coefficient (Wildman–Crippen LogP) is 2.59. The lowest BCUT2D eigenvalue weighted by atomic mass is 9.78. The first kappa shape index (κ1) is 20.2. The van der Waals surface area contributed by atoms with Crippen molar-refractivity contribution in [3.63, 3.8) is 0 Å². The van der Waals surface area contributed by atoms with Crippen LogP contribution in [-0.4, -0.2) is 48.9 Å². The molecule has 1 unspecified atom stereocenters. The Morgan fingerprint density at radius 2 is 1.84 bits per heavy atom. The van der Waals surface area contributed by atoms with E-state index in [1.807, 2.05) is 17.0 Å². The Kier molecular flexibility index (Phi) is 6.88. The molecular weight excluding hydrogens is 406 g/mol. The molecule has 2 fully saturated rings. The second-order valence-corrected chi connectivity index (χ2v) is 7.87. The molecule has 2 heterocycles. The average molecular weight is 431 g/mol. The van der Waals surface area contributed by atoms with Gasteiger partial charge in [0.1, 0.15) is 6.04 Å². The van der Waals surface area contributed by atoms with E-state index in [1.54, 1.807) is 19.1 Å². The van der Waals surface area contributed by atoms with Gasteiger partial charge in [0, 0.05) is 29.7 Å². The summed E-state index contributed by atoms with van der Waals surface area (Å²) in [6.07, 6.45) is 3.32. The van der Waals surface area contributed by atoms with Gasteiger partial charge in [0.25, 0.3) is 5.91 Å². The van der Waals surface area contributed by atoms with Gasteiger partial charge in [-0.15, -0.1) is 12.4 Å². The van der Waals surface area contributed by atoms with Gasteiger partial charge in [0.15, 0.2) is 0 Å². The number of piperidine rings is 1. The van der Waals surface area contributed by atoms with E-state index in [2.05, 4.69) is 26.6 Å². The van der Waals surface area contributed by atoms with Crippen LogP contribution < -0.4 is 10.6 Å². The van der Waals surface area contributed by atoms with Crippen molar-refractivity contribution in [3.05, 3.63) is 34.3 Å². The minimum atomic E-state index is -0.503. The molecule has 2 aliphatic heterocycles. The summed E-state index contributed by atoms with van der Waals surface area (Å²) in [6, 6.07) is 6.63. The Bertz CT molecular complexity index is 607. The lowest BCUT2D eigenvalue weighted by Gasteiger charge is -2.39. The third kappa shape index (κ3) is 4.74. The van der Waals surface area contributed by atoms with Gasteiger partial charge >= 0.3 is 0 Å². The van der Waals surface area contributed by atoms with Crippen LogP contribution >= 0.6 is 28.3 Å². The van der Waals surface area contributed by atoms with Gasteiger partial charge in [-0.05, 0) is 62.4 Å². The Morgan fingerprint density at radius 3 is 2.40 bits per heavy atom. The monoisotopic (exact) mass is 429 g/mol. The summed E-state index contributed by atoms with van der Waals surface area (Å²) < 4.78 is 0.923. The van der Waals surface area contributed by atoms with Crippen LogP contribution in [-0.2, 0) is 4.79 Å². The predicted molar refractivity (Wildman–Crippen MR) is 104 cm³/mol. The molecular formula is C18H25BrClN3O2. The third-order valence-electron chi connectivity index (χ3n) is 5.29. The van der Waals surface area contributed by atoms with Crippen molar-refractivity contribution in [2.24, 2.45) is 5.41 Å². The van der Waals surface area contributed by atoms with Crippen molar-refractivity contribution in [3.8, 4) is 0 Å². The van der Waals surface area contributed by atoms with Gasteiger partial charge in [-0.3, -0.25) is 9.59 Å². The number of likely N-dealkylation sites (tertiary alicyclic amines) is 1. The number of carbonyl (C=O) groups is 2. The van der Waals surface area contributed by atoms with Crippen LogP contribution in [0, 0.1) is 5.41 Å². The number of carbonyl (C=O) groups excluding carboxylic acids is 2. The number of nitrogens with zero attached hydrogens (tertiary/aromatic N) is 1. The molecule has 1 aromatic rings. The van der Waals surface area contributed by atoms with Crippen molar-refractivity contribution in [1.29, 1.82) is 0 Å². The fourth-order valence-electron chi connectivity index (χ4n) is 3.64. The molecule has 3 rings (SSSR count). The van der Waals surface area contributed by atoms with E-state index >= 15 is 0 Å². The third-order valence-corrected chi connectivity index (χ3v) is 5.82. The summed E-state index contributed by atoms with van der Waals surface area (Å²) in [6.45, 7) is 5.51. The first-order valence-electron chi connectivity index (χ1n) is 8.55. The van der Waals surface area contributed by atoms with Gasteiger partial charge in [0.2, 0.25) is 5.91 Å². The molecule has 5 nitrogen and oxygen atoms in total. The van der Waals surface area contributed by atoms with E-state index in [0.717, 1.165) is 43.5 Å². The van der Waals surface area contributed by atoms with Gasteiger partial charge < -0.3 is 15.5 Å². The van der Waals surface area contributed by atoms with Crippen molar-refractivity contribution >= 4 is 40.2 Å². The van der Waals surface area contributed by atoms with Crippen molar-refractivity contribution in [2.45, 2.75) is 32.2 Å². The SMILES string of the molecule is CC(NC(=O)c1ccc(Br)cc1)C(=O)N1CCC2(CCNC2)CC1.Cl. The summed E-state index contributed by atoms with van der Waals surface area (Å²) in [4.78, 5) is 26.8. The molecule has 7 heteroatoms. The summed E-state index contributed by atoms with van der Waals surface area (Å²) in [5.74, 6) is -0.196. The Hall–Kier alpha value is -1.11. The number of hydrogen-bond acceptors (Lipinski definition) is 3. The molecule has 1 aromatic carbocycles. The van der Waals surface area contributed by atoms with E-state index < -0.39 is 6.04 Å². The second-order valence-electron chi connectivity index (χ2n) is 6.95. The molecule has 0 aliphatic carbocycles. The second kappa shape index (κ2) is 8.52. The topological polar surface area (TPSA) is 61.4 Å². The highest BCUT2D eigenvalue weighted by Crippen LogP contribution is 2.36. The smallest absolute Gasteiger partial charge is 0.251 e. The van der Waals surface area contributed by atoms with Gasteiger partial charge in [0.05, 0.1) is 0 Å². The van der Waals surface area contributed by atoms with Crippen LogP contribution in [0.15, 0.2) is 28.7 Å². The zero-order valence-corrected chi connectivity index (χ0v) is 16.8. The standard InChI is InChI=1S/C18H24BrN3O2.ClH/c1-13(21-16(23)14-2-4-15(19)5-3-14)17(24)22-10-7-18(8-11-22)6-9-20-12-18;/h2-5,13,20H,6-12H2,1H3,(H,21,23);1H. The number of benzene rings is 1. The van der Waals surface area contributed by atoms with Crippen molar-refractivity contribution in [1.82, 2.24) is 15.5 Å². The molecule has 0 saturated carbocycles. The van der Waals surface area contributed by atoms with Crippen LogP contribution in [0.5, 0.6) is 0 Å². The largest absolute Gasteiger partial charge is 0.341 e. The summed E-state index contributed by atoms with van der Waals surface area (Å²) in [5.41, 5.74) is 0.952. The van der Waals surface area contributed by atoms with Crippen molar-refractivity contribution < 1.29 is 9.59 Å². The normalized spacial score (nSPS) is 20.0. The lowest BCUT2D eigenvalue weighted by Crippen LogP contribution is -2.51. The maximum atomic E-state index is 12.6. The van der Waals surface area contributed by atoms with Gasteiger partial charge in [-0.25, -0.2) is 0 Å². The number of nitrogens with one attached hydrogen (secondary N) is 2. The quantitative estimate of drug-likeness (QED) is 0.775. The van der Waals surface area contributed by atoms with E-state index in [1.165, 1.54) is 6.42 Å². The number of hydrogen-bond donors (Lipinski definition) is 2. The molecule has 2 amide bonds. The number of amides is 2. The maximum Gasteiger partial charge on any atom is 0.251 e. The Labute approximate surface area is 163 Å². The average Bonchev–Trinajstić information content (AvgIpc) is 3.03. The molecule has 0 bridgehead atoms. The molecule has 2 N–H and O–H groups in total. The first-order valence-corrected chi connectivity index (χ1v) is 9.34. The lowest BCUT2D eigenvalue weighted by molar-refractivity contribution is -0.135. The maximum absolute atomic E-state index is 12.6. The Morgan fingerprint density at radius 1 is 1.20 bits per heavy atom. The fraction of sp³-hybridized carbons (Fsp3) is 0.556. The zero-order valence-electron chi connectivity index (χ0n) is 14.4. The highest BCUT2D eigenvalue weighted by atomic mass is 79.9. The molecule has 25 heavy (non-hydrogen) atoms. The molecule has 1 spiro atoms. The summed E-state index contributed by atoms with van der Waals surface area (Å²) in [5, 5.41) is 6.25. The van der Waals surface area contributed by atoms with E-state index in [9.17, 15) is 9.59 Å². The van der Waals surface area contributed by atoms with Crippen molar-refractivity contribution in [2.75, 3.05) is 26.2 Å². The highest BCUT2D eigenvalue weighted by molar-refractivity contribution is 9.10. The molecule has 0 aromatic heterocycles. The first-order chi connectivity index (χ1) is 11.5.